The smallest absolute Gasteiger partial charge is 0.206 e. The van der Waals surface area contributed by atoms with Crippen LogP contribution in [0, 0.1) is 6.92 Å². The van der Waals surface area contributed by atoms with E-state index in [1.165, 1.54) is 17.5 Å². The van der Waals surface area contributed by atoms with Crippen molar-refractivity contribution in [1.82, 2.24) is 14.9 Å². The molecule has 0 saturated carbocycles. The van der Waals surface area contributed by atoms with Crippen molar-refractivity contribution in [3.05, 3.63) is 39.4 Å². The molecule has 0 spiro atoms. The van der Waals surface area contributed by atoms with Crippen LogP contribution in [-0.4, -0.2) is 18.6 Å². The number of aryl methyl sites for hydroxylation is 1. The van der Waals surface area contributed by atoms with Crippen LogP contribution in [0.2, 0.25) is 0 Å². The third-order valence-corrected chi connectivity index (χ3v) is 6.18. The molecule has 18 heavy (non-hydrogen) atoms. The van der Waals surface area contributed by atoms with Gasteiger partial charge in [-0.1, -0.05) is 0 Å². The lowest BCUT2D eigenvalue weighted by molar-refractivity contribution is 0.582. The Morgan fingerprint density at radius 3 is 2.83 bits per heavy atom. The predicted molar refractivity (Wildman–Crippen MR) is 72.8 cm³/mol. The summed E-state index contributed by atoms with van der Waals surface area (Å²) in [6.45, 7) is 1.98. The van der Waals surface area contributed by atoms with E-state index in [9.17, 15) is 8.42 Å². The highest BCUT2D eigenvalue weighted by Crippen LogP contribution is 2.30. The lowest BCUT2D eigenvalue weighted by atomic mass is 10.4. The second-order valence-corrected chi connectivity index (χ2v) is 7.93. The van der Waals surface area contributed by atoms with E-state index in [0.717, 1.165) is 9.35 Å². The van der Waals surface area contributed by atoms with Crippen molar-refractivity contribution in [3.8, 4) is 0 Å². The fraction of sp³-hybridized carbons (Fsp3) is 0.200. The summed E-state index contributed by atoms with van der Waals surface area (Å²) in [5, 5.41) is 7.50. The molecule has 2 aromatic heterocycles. The van der Waals surface area contributed by atoms with Crippen LogP contribution in [0.3, 0.4) is 0 Å². The molecular formula is C10H10BrN3O2S2. The summed E-state index contributed by atoms with van der Waals surface area (Å²) >= 11 is 4.50. The maximum atomic E-state index is 12.0. The Hall–Kier alpha value is -0.830. The minimum absolute atomic E-state index is 0.130. The number of thiophene rings is 1. The zero-order chi connectivity index (χ0) is 13.2. The topological polar surface area (TPSA) is 72.0 Å². The Bertz CT molecular complexity index is 621. The number of hydrogen-bond donors (Lipinski definition) is 1. The highest BCUT2D eigenvalue weighted by molar-refractivity contribution is 9.11. The van der Waals surface area contributed by atoms with Gasteiger partial charge in [0.1, 0.15) is 4.21 Å². The van der Waals surface area contributed by atoms with E-state index in [1.807, 2.05) is 6.92 Å². The van der Waals surface area contributed by atoms with Crippen LogP contribution in [0.1, 0.15) is 11.3 Å². The van der Waals surface area contributed by atoms with E-state index in [1.54, 1.807) is 18.2 Å². The SMILES string of the molecule is Cc1cc(S(=O)(=O)NCc2cccnn2)sc1Br. The van der Waals surface area contributed by atoms with Gasteiger partial charge >= 0.3 is 0 Å². The van der Waals surface area contributed by atoms with Crippen molar-refractivity contribution in [2.75, 3.05) is 0 Å². The molecule has 0 aliphatic carbocycles. The van der Waals surface area contributed by atoms with Gasteiger partial charge in [-0.15, -0.1) is 11.3 Å². The van der Waals surface area contributed by atoms with Gasteiger partial charge in [0.05, 0.1) is 16.0 Å². The molecule has 2 heterocycles. The Morgan fingerprint density at radius 1 is 1.50 bits per heavy atom. The molecule has 0 aromatic carbocycles. The minimum atomic E-state index is -3.49. The molecule has 0 aliphatic heterocycles. The quantitative estimate of drug-likeness (QED) is 0.918. The minimum Gasteiger partial charge on any atom is -0.206 e. The molecule has 0 fully saturated rings. The predicted octanol–water partition coefficient (Wildman–Crippen LogP) is 2.09. The van der Waals surface area contributed by atoms with E-state index in [2.05, 4.69) is 30.8 Å². The highest BCUT2D eigenvalue weighted by Gasteiger charge is 2.18. The standard InChI is InChI=1S/C10H10BrN3O2S2/c1-7-5-9(17-10(7)11)18(15,16)13-6-8-3-2-4-12-14-8/h2-5,13H,6H2,1H3. The number of halogens is 1. The summed E-state index contributed by atoms with van der Waals surface area (Å²) in [6, 6.07) is 5.06. The summed E-state index contributed by atoms with van der Waals surface area (Å²) in [4.78, 5) is 0. The summed E-state index contributed by atoms with van der Waals surface area (Å²) in [5.41, 5.74) is 1.48. The van der Waals surface area contributed by atoms with Crippen LogP contribution in [0.15, 0.2) is 32.4 Å². The van der Waals surface area contributed by atoms with E-state index >= 15 is 0 Å². The van der Waals surface area contributed by atoms with Crippen molar-refractivity contribution in [1.29, 1.82) is 0 Å². The van der Waals surface area contributed by atoms with Gasteiger partial charge in [-0.2, -0.15) is 10.2 Å². The summed E-state index contributed by atoms with van der Waals surface area (Å²) in [6.07, 6.45) is 1.54. The monoisotopic (exact) mass is 347 g/mol. The first-order valence-electron chi connectivity index (χ1n) is 5.01. The van der Waals surface area contributed by atoms with Gasteiger partial charge in [0.25, 0.3) is 0 Å². The Morgan fingerprint density at radius 2 is 2.28 bits per heavy atom. The molecule has 8 heteroatoms. The normalized spacial score (nSPS) is 11.7. The number of nitrogens with one attached hydrogen (secondary N) is 1. The maximum Gasteiger partial charge on any atom is 0.250 e. The molecule has 2 rings (SSSR count). The van der Waals surface area contributed by atoms with Crippen molar-refractivity contribution >= 4 is 37.3 Å². The molecular weight excluding hydrogens is 338 g/mol. The zero-order valence-electron chi connectivity index (χ0n) is 9.42. The van der Waals surface area contributed by atoms with Crippen LogP contribution in [0.25, 0.3) is 0 Å². The molecule has 5 nitrogen and oxygen atoms in total. The molecule has 0 aliphatic rings. The number of sulfonamides is 1. The van der Waals surface area contributed by atoms with Crippen LogP contribution in [-0.2, 0) is 16.6 Å². The summed E-state index contributed by atoms with van der Waals surface area (Å²) < 4.78 is 27.6. The van der Waals surface area contributed by atoms with Gasteiger partial charge in [0.15, 0.2) is 0 Å². The largest absolute Gasteiger partial charge is 0.250 e. The fourth-order valence-electron chi connectivity index (χ4n) is 1.23. The first-order chi connectivity index (χ1) is 8.49. The van der Waals surface area contributed by atoms with Crippen LogP contribution >= 0.6 is 27.3 Å². The van der Waals surface area contributed by atoms with Gasteiger partial charge in [0, 0.05) is 6.20 Å². The van der Waals surface area contributed by atoms with Crippen molar-refractivity contribution < 1.29 is 8.42 Å². The Labute approximate surface area is 117 Å². The lowest BCUT2D eigenvalue weighted by Gasteiger charge is -2.03. The molecule has 0 amide bonds. The third-order valence-electron chi connectivity index (χ3n) is 2.17. The fourth-order valence-corrected chi connectivity index (χ4v) is 4.50. The summed E-state index contributed by atoms with van der Waals surface area (Å²) in [7, 11) is -3.49. The van der Waals surface area contributed by atoms with Gasteiger partial charge < -0.3 is 0 Å². The van der Waals surface area contributed by atoms with Crippen LogP contribution < -0.4 is 4.72 Å². The third kappa shape index (κ3) is 3.14. The maximum absolute atomic E-state index is 12.0. The van der Waals surface area contributed by atoms with Crippen molar-refractivity contribution in [2.24, 2.45) is 0 Å². The average molecular weight is 348 g/mol. The van der Waals surface area contributed by atoms with E-state index in [4.69, 9.17) is 0 Å². The van der Waals surface area contributed by atoms with Gasteiger partial charge in [-0.25, -0.2) is 13.1 Å². The number of nitrogens with zero attached hydrogens (tertiary/aromatic N) is 2. The first kappa shape index (κ1) is 13.6. The molecule has 2 aromatic rings. The Kier molecular flexibility index (Phi) is 4.10. The van der Waals surface area contributed by atoms with Crippen LogP contribution in [0.5, 0.6) is 0 Å². The molecule has 1 N–H and O–H groups in total. The average Bonchev–Trinajstić information content (AvgIpc) is 2.70. The van der Waals surface area contributed by atoms with Gasteiger partial charge in [-0.3, -0.25) is 0 Å². The van der Waals surface area contributed by atoms with Crippen molar-refractivity contribution in [3.63, 3.8) is 0 Å². The summed E-state index contributed by atoms with van der Waals surface area (Å²) in [5.74, 6) is 0. The number of rotatable bonds is 4. The Balaban J connectivity index is 2.13. The molecule has 0 saturated heterocycles. The van der Waals surface area contributed by atoms with E-state index in [-0.39, 0.29) is 10.8 Å². The molecule has 0 atom stereocenters. The second-order valence-electron chi connectivity index (χ2n) is 3.56. The van der Waals surface area contributed by atoms with Gasteiger partial charge in [0.2, 0.25) is 10.0 Å². The van der Waals surface area contributed by atoms with Crippen molar-refractivity contribution in [2.45, 2.75) is 17.7 Å². The molecule has 96 valence electrons. The highest BCUT2D eigenvalue weighted by atomic mass is 79.9. The second kappa shape index (κ2) is 5.43. The molecule has 0 unspecified atom stereocenters. The van der Waals surface area contributed by atoms with E-state index in [0.29, 0.717) is 5.69 Å². The van der Waals surface area contributed by atoms with Crippen LogP contribution in [0.4, 0.5) is 0 Å². The van der Waals surface area contributed by atoms with Gasteiger partial charge in [-0.05, 0) is 46.6 Å². The lowest BCUT2D eigenvalue weighted by Crippen LogP contribution is -2.23. The number of aromatic nitrogens is 2. The number of hydrogen-bond acceptors (Lipinski definition) is 5. The molecule has 0 radical (unpaired) electrons. The zero-order valence-corrected chi connectivity index (χ0v) is 12.6. The molecule has 0 bridgehead atoms. The first-order valence-corrected chi connectivity index (χ1v) is 8.10. The van der Waals surface area contributed by atoms with E-state index < -0.39 is 10.0 Å².